The van der Waals surface area contributed by atoms with Crippen LogP contribution < -0.4 is 11.4 Å². The van der Waals surface area contributed by atoms with Crippen molar-refractivity contribution in [3.05, 3.63) is 63.8 Å². The normalized spacial score (nSPS) is 11.1. The number of carbonyl (C=O) groups is 1. The van der Waals surface area contributed by atoms with Crippen LogP contribution in [0.2, 0.25) is 0 Å². The Morgan fingerprint density at radius 1 is 1.20 bits per heavy atom. The molecule has 3 heterocycles. The lowest BCUT2D eigenvalue weighted by Gasteiger charge is -2.06. The summed E-state index contributed by atoms with van der Waals surface area (Å²) in [5, 5.41) is 1.83. The molecule has 9 heteroatoms. The van der Waals surface area contributed by atoms with Crippen LogP contribution in [0.25, 0.3) is 27.6 Å². The number of rotatable bonds is 3. The van der Waals surface area contributed by atoms with Crippen molar-refractivity contribution >= 4 is 28.4 Å². The van der Waals surface area contributed by atoms with Gasteiger partial charge in [0, 0.05) is 0 Å². The van der Waals surface area contributed by atoms with E-state index < -0.39 is 17.4 Å². The number of nitrogens with two attached hydrogens (primary N) is 1. The maximum Gasteiger partial charge on any atom is 0.332 e. The van der Waals surface area contributed by atoms with Gasteiger partial charge >= 0.3 is 5.69 Å². The molecule has 0 aliphatic heterocycles. The second-order valence-corrected chi connectivity index (χ2v) is 6.10. The summed E-state index contributed by atoms with van der Waals surface area (Å²) < 4.78 is 15.3. The Kier molecular flexibility index (Phi) is 3.43. The number of fused-ring (bicyclic) bond motifs is 1. The quantitative estimate of drug-likeness (QED) is 0.587. The van der Waals surface area contributed by atoms with Crippen molar-refractivity contribution in [2.75, 3.05) is 0 Å². The van der Waals surface area contributed by atoms with E-state index in [1.165, 1.54) is 29.5 Å². The molecule has 0 aliphatic carbocycles. The molecule has 0 radical (unpaired) electrons. The van der Waals surface area contributed by atoms with E-state index in [0.717, 1.165) is 4.57 Å². The molecule has 0 spiro atoms. The van der Waals surface area contributed by atoms with E-state index in [2.05, 4.69) is 15.0 Å². The molecule has 7 nitrogen and oxygen atoms in total. The molecule has 4 aromatic rings. The second-order valence-electron chi connectivity index (χ2n) is 5.15. The summed E-state index contributed by atoms with van der Waals surface area (Å²) in [6, 6.07) is 9.37. The Bertz CT molecular complexity index is 1160. The predicted octanol–water partition coefficient (Wildman–Crippen LogP) is 2.08. The lowest BCUT2D eigenvalue weighted by atomic mass is 10.3. The van der Waals surface area contributed by atoms with E-state index in [-0.39, 0.29) is 28.4 Å². The lowest BCUT2D eigenvalue weighted by molar-refractivity contribution is 0.0997. The van der Waals surface area contributed by atoms with Crippen molar-refractivity contribution in [3.8, 4) is 16.4 Å². The Morgan fingerprint density at radius 3 is 2.68 bits per heavy atom. The number of aromatic amines is 1. The minimum Gasteiger partial charge on any atom is -0.364 e. The zero-order chi connectivity index (χ0) is 17.6. The van der Waals surface area contributed by atoms with Gasteiger partial charge in [-0.1, -0.05) is 18.2 Å². The van der Waals surface area contributed by atoms with Gasteiger partial charge in [-0.2, -0.15) is 0 Å². The molecule has 0 fully saturated rings. The fourth-order valence-electron chi connectivity index (χ4n) is 2.54. The molecule has 1 aromatic carbocycles. The highest BCUT2D eigenvalue weighted by Gasteiger charge is 2.21. The van der Waals surface area contributed by atoms with Crippen LogP contribution in [0.4, 0.5) is 4.39 Å². The average molecular weight is 355 g/mol. The van der Waals surface area contributed by atoms with Crippen LogP contribution in [0.5, 0.6) is 0 Å². The van der Waals surface area contributed by atoms with Crippen molar-refractivity contribution in [2.45, 2.75) is 0 Å². The van der Waals surface area contributed by atoms with Gasteiger partial charge in [0.25, 0.3) is 5.91 Å². The highest BCUT2D eigenvalue weighted by Crippen LogP contribution is 2.25. The van der Waals surface area contributed by atoms with Gasteiger partial charge in [-0.25, -0.2) is 23.7 Å². The molecule has 25 heavy (non-hydrogen) atoms. The van der Waals surface area contributed by atoms with Crippen molar-refractivity contribution in [1.29, 1.82) is 0 Å². The number of para-hydroxylation sites is 1. The van der Waals surface area contributed by atoms with E-state index in [1.807, 2.05) is 5.38 Å². The first-order valence-corrected chi connectivity index (χ1v) is 8.05. The zero-order valence-corrected chi connectivity index (χ0v) is 13.4. The Labute approximate surface area is 143 Å². The molecule has 0 bridgehead atoms. The van der Waals surface area contributed by atoms with Crippen molar-refractivity contribution in [3.63, 3.8) is 0 Å². The number of H-pyrrole nitrogens is 1. The van der Waals surface area contributed by atoms with Gasteiger partial charge in [-0.05, 0) is 23.6 Å². The van der Waals surface area contributed by atoms with Crippen LogP contribution in [0.1, 0.15) is 10.5 Å². The third kappa shape index (κ3) is 2.41. The number of halogens is 1. The van der Waals surface area contributed by atoms with Gasteiger partial charge < -0.3 is 10.7 Å². The number of carbonyl (C=O) groups excluding carboxylic acids is 1. The molecule has 0 atom stereocenters. The molecule has 0 unspecified atom stereocenters. The maximum atomic E-state index is 14.2. The number of hydrogen-bond donors (Lipinski definition) is 2. The van der Waals surface area contributed by atoms with Crippen molar-refractivity contribution in [2.24, 2.45) is 5.73 Å². The lowest BCUT2D eigenvalue weighted by Crippen LogP contribution is -2.16. The Morgan fingerprint density at radius 2 is 2.00 bits per heavy atom. The third-order valence-corrected chi connectivity index (χ3v) is 4.47. The first-order valence-electron chi connectivity index (χ1n) is 7.17. The number of imidazole rings is 1. The SMILES string of the molecule is NC(=O)c1nc(-c2cccs2)nc2c1[nH]c(=O)n2-c1ccccc1F. The van der Waals surface area contributed by atoms with Gasteiger partial charge in [0.2, 0.25) is 0 Å². The number of amides is 1. The number of aromatic nitrogens is 4. The second kappa shape index (κ2) is 5.64. The number of thiophene rings is 1. The van der Waals surface area contributed by atoms with E-state index in [4.69, 9.17) is 5.73 Å². The number of primary amides is 1. The minimum atomic E-state index is -0.813. The molecule has 1 amide bonds. The standard InChI is InChI=1S/C16H10FN5O2S/c17-8-4-1-2-5-9(8)22-15-12(20-16(22)24)11(13(18)23)19-14(21-15)10-6-3-7-25-10/h1-7H,(H2,18,23)(H,20,24). The van der Waals surface area contributed by atoms with Crippen LogP contribution in [0, 0.1) is 5.82 Å². The van der Waals surface area contributed by atoms with E-state index in [1.54, 1.807) is 18.2 Å². The summed E-state index contributed by atoms with van der Waals surface area (Å²) in [6.45, 7) is 0. The molecule has 0 aliphatic rings. The first-order chi connectivity index (χ1) is 12.1. The first kappa shape index (κ1) is 15.2. The average Bonchev–Trinajstić information content (AvgIpc) is 3.21. The number of nitrogens with zero attached hydrogens (tertiary/aromatic N) is 3. The number of benzene rings is 1. The van der Waals surface area contributed by atoms with Crippen LogP contribution in [-0.4, -0.2) is 25.4 Å². The molecule has 0 saturated carbocycles. The molecule has 3 N–H and O–H groups in total. The topological polar surface area (TPSA) is 107 Å². The van der Waals surface area contributed by atoms with E-state index in [0.29, 0.717) is 4.88 Å². The summed E-state index contributed by atoms with van der Waals surface area (Å²) in [5.41, 5.74) is 4.81. The zero-order valence-electron chi connectivity index (χ0n) is 12.6. The fraction of sp³-hybridized carbons (Fsp3) is 0. The summed E-state index contributed by atoms with van der Waals surface area (Å²) in [5.74, 6) is -1.17. The third-order valence-electron chi connectivity index (χ3n) is 3.61. The molecule has 3 aromatic heterocycles. The van der Waals surface area contributed by atoms with E-state index in [9.17, 15) is 14.0 Å². The van der Waals surface area contributed by atoms with Gasteiger partial charge in [0.15, 0.2) is 17.2 Å². The fourth-order valence-corrected chi connectivity index (χ4v) is 3.19. The minimum absolute atomic E-state index is 0.0185. The maximum absolute atomic E-state index is 14.2. The summed E-state index contributed by atoms with van der Waals surface area (Å²) >= 11 is 1.37. The van der Waals surface area contributed by atoms with Gasteiger partial charge in [-0.3, -0.25) is 4.79 Å². The summed E-state index contributed by atoms with van der Waals surface area (Å²) in [4.78, 5) is 35.9. The summed E-state index contributed by atoms with van der Waals surface area (Å²) in [7, 11) is 0. The molecular weight excluding hydrogens is 345 g/mol. The highest BCUT2D eigenvalue weighted by molar-refractivity contribution is 7.13. The molecule has 0 saturated heterocycles. The van der Waals surface area contributed by atoms with Crippen molar-refractivity contribution < 1.29 is 9.18 Å². The summed E-state index contributed by atoms with van der Waals surface area (Å²) in [6.07, 6.45) is 0. The van der Waals surface area contributed by atoms with Gasteiger partial charge in [0.05, 0.1) is 10.6 Å². The van der Waals surface area contributed by atoms with Gasteiger partial charge in [0.1, 0.15) is 11.3 Å². The Hall–Kier alpha value is -3.33. The van der Waals surface area contributed by atoms with Crippen LogP contribution in [0.3, 0.4) is 0 Å². The van der Waals surface area contributed by atoms with Crippen molar-refractivity contribution in [1.82, 2.24) is 19.5 Å². The Balaban J connectivity index is 2.12. The largest absolute Gasteiger partial charge is 0.364 e. The smallest absolute Gasteiger partial charge is 0.332 e. The monoisotopic (exact) mass is 355 g/mol. The molecule has 124 valence electrons. The van der Waals surface area contributed by atoms with Crippen LogP contribution in [0.15, 0.2) is 46.6 Å². The molecule has 4 rings (SSSR count). The number of nitrogens with one attached hydrogen (secondary N) is 1. The number of hydrogen-bond acceptors (Lipinski definition) is 5. The highest BCUT2D eigenvalue weighted by atomic mass is 32.1. The predicted molar refractivity (Wildman–Crippen MR) is 91.3 cm³/mol. The van der Waals surface area contributed by atoms with Gasteiger partial charge in [-0.15, -0.1) is 11.3 Å². The molecular formula is C16H10FN5O2S. The van der Waals surface area contributed by atoms with E-state index >= 15 is 0 Å². The van der Waals surface area contributed by atoms with Crippen LogP contribution in [-0.2, 0) is 0 Å². The van der Waals surface area contributed by atoms with Crippen LogP contribution >= 0.6 is 11.3 Å².